The molecule has 2 fully saturated rings. The van der Waals surface area contributed by atoms with E-state index in [1.165, 1.54) is 23.1 Å². The monoisotopic (exact) mass is 511 g/mol. The Bertz CT molecular complexity index is 1320. The highest BCUT2D eigenvalue weighted by molar-refractivity contribution is 6.04. The lowest BCUT2D eigenvalue weighted by molar-refractivity contribution is -0.137. The van der Waals surface area contributed by atoms with Crippen molar-refractivity contribution in [1.29, 1.82) is 5.26 Å². The SMILES string of the molecule is Cc1c(C(=O)Nc2ccc(C3(C#N)CCN(C4COC4)CC3)nc2)cnn1-c1ccc(C(F)(F)F)cn1. The third-order valence-corrected chi connectivity index (χ3v) is 7.06. The molecule has 0 unspecified atom stereocenters. The standard InChI is InChI=1S/C25H24F3N7O2/c1-16-20(12-32-35(16)22-5-2-17(10-31-22)25(26,27)28)23(36)33-18-3-4-21(30-11-18)24(15-29)6-8-34(9-7-24)19-13-37-14-19/h2-5,10-12,19H,6-9,13-14H2,1H3,(H,33,36). The minimum Gasteiger partial charge on any atom is -0.378 e. The molecule has 0 radical (unpaired) electrons. The number of hydrogen-bond donors (Lipinski definition) is 1. The number of piperidine rings is 1. The van der Waals surface area contributed by atoms with Gasteiger partial charge in [0.15, 0.2) is 5.82 Å². The van der Waals surface area contributed by atoms with E-state index in [2.05, 4.69) is 31.4 Å². The summed E-state index contributed by atoms with van der Waals surface area (Å²) in [7, 11) is 0. The van der Waals surface area contributed by atoms with E-state index < -0.39 is 23.1 Å². The molecule has 5 heterocycles. The van der Waals surface area contributed by atoms with Crippen molar-refractivity contribution >= 4 is 11.6 Å². The number of halogens is 3. The average molecular weight is 512 g/mol. The van der Waals surface area contributed by atoms with Gasteiger partial charge in [0.05, 0.1) is 65.9 Å². The topological polar surface area (TPSA) is 109 Å². The van der Waals surface area contributed by atoms with Crippen LogP contribution in [0.25, 0.3) is 5.82 Å². The number of pyridine rings is 2. The number of carbonyl (C=O) groups is 1. The number of likely N-dealkylation sites (tertiary alicyclic amines) is 1. The van der Waals surface area contributed by atoms with Crippen LogP contribution in [0.3, 0.4) is 0 Å². The normalized spacial score (nSPS) is 18.1. The quantitative estimate of drug-likeness (QED) is 0.559. The van der Waals surface area contributed by atoms with Crippen molar-refractivity contribution in [3.8, 4) is 11.9 Å². The summed E-state index contributed by atoms with van der Waals surface area (Å²) in [5.74, 6) is -0.288. The number of alkyl halides is 3. The van der Waals surface area contributed by atoms with Crippen LogP contribution in [-0.4, -0.2) is 62.9 Å². The van der Waals surface area contributed by atoms with Gasteiger partial charge in [-0.25, -0.2) is 9.67 Å². The Morgan fingerprint density at radius 1 is 1.14 bits per heavy atom. The highest BCUT2D eigenvalue weighted by Gasteiger charge is 2.40. The van der Waals surface area contributed by atoms with E-state index in [0.29, 0.717) is 36.0 Å². The molecule has 192 valence electrons. The molecule has 0 saturated carbocycles. The van der Waals surface area contributed by atoms with Crippen molar-refractivity contribution < 1.29 is 22.7 Å². The number of rotatable bonds is 5. The number of hydrogen-bond acceptors (Lipinski definition) is 7. The number of amides is 1. The molecule has 3 aromatic rings. The van der Waals surface area contributed by atoms with Crippen LogP contribution in [-0.2, 0) is 16.3 Å². The lowest BCUT2D eigenvalue weighted by Crippen LogP contribution is -2.54. The third-order valence-electron chi connectivity index (χ3n) is 7.06. The van der Waals surface area contributed by atoms with Gasteiger partial charge in [-0.15, -0.1) is 0 Å². The van der Waals surface area contributed by atoms with E-state index in [1.54, 1.807) is 19.1 Å². The molecular formula is C25H24F3N7O2. The fourth-order valence-corrected chi connectivity index (χ4v) is 4.62. The van der Waals surface area contributed by atoms with Crippen molar-refractivity contribution in [2.24, 2.45) is 0 Å². The molecule has 0 aromatic carbocycles. The zero-order chi connectivity index (χ0) is 26.2. The van der Waals surface area contributed by atoms with Gasteiger partial charge < -0.3 is 10.1 Å². The zero-order valence-electron chi connectivity index (χ0n) is 20.0. The Morgan fingerprint density at radius 2 is 1.89 bits per heavy atom. The molecule has 2 saturated heterocycles. The molecule has 2 aliphatic rings. The number of aromatic nitrogens is 4. The molecule has 0 aliphatic carbocycles. The van der Waals surface area contributed by atoms with Crippen LogP contribution < -0.4 is 5.32 Å². The van der Waals surface area contributed by atoms with Crippen molar-refractivity contribution in [3.63, 3.8) is 0 Å². The van der Waals surface area contributed by atoms with Crippen LogP contribution in [0.5, 0.6) is 0 Å². The summed E-state index contributed by atoms with van der Waals surface area (Å²) in [5, 5.41) is 16.8. The lowest BCUT2D eigenvalue weighted by Gasteiger charge is -2.43. The van der Waals surface area contributed by atoms with Crippen molar-refractivity contribution in [1.82, 2.24) is 24.6 Å². The van der Waals surface area contributed by atoms with Gasteiger partial charge in [-0.3, -0.25) is 14.7 Å². The smallest absolute Gasteiger partial charge is 0.378 e. The molecule has 37 heavy (non-hydrogen) atoms. The number of ether oxygens (including phenoxy) is 1. The molecular weight excluding hydrogens is 487 g/mol. The van der Waals surface area contributed by atoms with E-state index >= 15 is 0 Å². The first-order valence-corrected chi connectivity index (χ1v) is 11.8. The van der Waals surface area contributed by atoms with Gasteiger partial charge in [-0.2, -0.15) is 23.5 Å². The summed E-state index contributed by atoms with van der Waals surface area (Å²) in [5.41, 5.74) is 0.246. The second-order valence-electron chi connectivity index (χ2n) is 9.27. The lowest BCUT2D eigenvalue weighted by atomic mass is 9.76. The number of nitrogens with one attached hydrogen (secondary N) is 1. The summed E-state index contributed by atoms with van der Waals surface area (Å²) >= 11 is 0. The van der Waals surface area contributed by atoms with Gasteiger partial charge in [-0.1, -0.05) is 0 Å². The van der Waals surface area contributed by atoms with E-state index in [-0.39, 0.29) is 11.4 Å². The third kappa shape index (κ3) is 4.80. The molecule has 1 N–H and O–H groups in total. The number of nitriles is 1. The van der Waals surface area contributed by atoms with Crippen LogP contribution in [0.1, 0.15) is 40.2 Å². The van der Waals surface area contributed by atoms with E-state index in [4.69, 9.17) is 4.74 Å². The van der Waals surface area contributed by atoms with Gasteiger partial charge in [0.2, 0.25) is 0 Å². The Morgan fingerprint density at radius 3 is 2.43 bits per heavy atom. The number of anilines is 1. The summed E-state index contributed by atoms with van der Waals surface area (Å²) < 4.78 is 45.0. The Hall–Kier alpha value is -3.82. The second kappa shape index (κ2) is 9.57. The van der Waals surface area contributed by atoms with E-state index in [0.717, 1.165) is 38.6 Å². The zero-order valence-corrected chi connectivity index (χ0v) is 20.0. The predicted molar refractivity (Wildman–Crippen MR) is 126 cm³/mol. The maximum Gasteiger partial charge on any atom is 0.417 e. The summed E-state index contributed by atoms with van der Waals surface area (Å²) in [6.07, 6.45) is 0.440. The first-order chi connectivity index (χ1) is 17.7. The summed E-state index contributed by atoms with van der Waals surface area (Å²) in [4.78, 5) is 23.6. The maximum atomic E-state index is 12.9. The first kappa shape index (κ1) is 24.9. The summed E-state index contributed by atoms with van der Waals surface area (Å²) in [6, 6.07) is 8.49. The minimum atomic E-state index is -4.49. The van der Waals surface area contributed by atoms with Gasteiger partial charge in [0.1, 0.15) is 5.41 Å². The Kier molecular flexibility index (Phi) is 6.43. The van der Waals surface area contributed by atoms with E-state index in [1.807, 2.05) is 0 Å². The van der Waals surface area contributed by atoms with Crippen LogP contribution >= 0.6 is 0 Å². The van der Waals surface area contributed by atoms with Gasteiger partial charge in [0.25, 0.3) is 5.91 Å². The van der Waals surface area contributed by atoms with Gasteiger partial charge >= 0.3 is 6.18 Å². The average Bonchev–Trinajstić information content (AvgIpc) is 3.25. The maximum absolute atomic E-state index is 12.9. The predicted octanol–water partition coefficient (Wildman–Crippen LogP) is 3.50. The molecule has 3 aromatic heterocycles. The molecule has 2 aliphatic heterocycles. The largest absolute Gasteiger partial charge is 0.417 e. The van der Waals surface area contributed by atoms with Crippen LogP contribution in [0, 0.1) is 18.3 Å². The van der Waals surface area contributed by atoms with Gasteiger partial charge in [-0.05, 0) is 44.0 Å². The highest BCUT2D eigenvalue weighted by Crippen LogP contribution is 2.35. The minimum absolute atomic E-state index is 0.160. The molecule has 9 nitrogen and oxygen atoms in total. The molecule has 0 atom stereocenters. The second-order valence-corrected chi connectivity index (χ2v) is 9.27. The highest BCUT2D eigenvalue weighted by atomic mass is 19.4. The Labute approximate surface area is 210 Å². The number of nitrogens with zero attached hydrogens (tertiary/aromatic N) is 6. The van der Waals surface area contributed by atoms with Crippen LogP contribution in [0.4, 0.5) is 18.9 Å². The first-order valence-electron chi connectivity index (χ1n) is 11.8. The molecule has 12 heteroatoms. The number of carbonyl (C=O) groups excluding carboxylic acids is 1. The molecule has 0 spiro atoms. The van der Waals surface area contributed by atoms with Crippen molar-refractivity contribution in [2.45, 2.75) is 37.4 Å². The van der Waals surface area contributed by atoms with Crippen molar-refractivity contribution in [3.05, 3.63) is 65.4 Å². The van der Waals surface area contributed by atoms with Crippen molar-refractivity contribution in [2.75, 3.05) is 31.6 Å². The molecule has 1 amide bonds. The van der Waals surface area contributed by atoms with Crippen LogP contribution in [0.2, 0.25) is 0 Å². The molecule has 0 bridgehead atoms. The fourth-order valence-electron chi connectivity index (χ4n) is 4.62. The fraction of sp³-hybridized carbons (Fsp3) is 0.400. The van der Waals surface area contributed by atoms with Crippen LogP contribution in [0.15, 0.2) is 42.9 Å². The van der Waals surface area contributed by atoms with E-state index in [9.17, 15) is 23.2 Å². The van der Waals surface area contributed by atoms with Gasteiger partial charge in [0, 0.05) is 19.3 Å². The Balaban J connectivity index is 1.26. The molecule has 5 rings (SSSR count). The summed E-state index contributed by atoms with van der Waals surface area (Å²) in [6.45, 7) is 4.72.